The van der Waals surface area contributed by atoms with Crippen molar-refractivity contribution in [3.63, 3.8) is 0 Å². The summed E-state index contributed by atoms with van der Waals surface area (Å²) in [5.74, 6) is -0.0635. The fourth-order valence-electron chi connectivity index (χ4n) is 2.88. The quantitative estimate of drug-likeness (QED) is 0.797. The van der Waals surface area contributed by atoms with Crippen LogP contribution < -0.4 is 5.32 Å². The average Bonchev–Trinajstić information content (AvgIpc) is 3.28. The maximum atomic E-state index is 12.4. The van der Waals surface area contributed by atoms with Gasteiger partial charge in [-0.3, -0.25) is 9.36 Å². The molecule has 1 fully saturated rings. The minimum absolute atomic E-state index is 0.0635. The van der Waals surface area contributed by atoms with Crippen molar-refractivity contribution in [2.75, 3.05) is 13.2 Å². The molecule has 2 heterocycles. The molecular weight excluding hydrogens is 292 g/mol. The summed E-state index contributed by atoms with van der Waals surface area (Å²) in [6.45, 7) is 1.59. The number of para-hydroxylation sites is 1. The first kappa shape index (κ1) is 15.7. The highest BCUT2D eigenvalue weighted by Gasteiger charge is 2.15. The lowest BCUT2D eigenvalue weighted by atomic mass is 10.1. The summed E-state index contributed by atoms with van der Waals surface area (Å²) in [4.78, 5) is 12.4. The topological polar surface area (TPSA) is 69.0 Å². The highest BCUT2D eigenvalue weighted by Crippen LogP contribution is 2.17. The minimum Gasteiger partial charge on any atom is -0.378 e. The van der Waals surface area contributed by atoms with Gasteiger partial charge in [0.25, 0.3) is 5.91 Å². The Morgan fingerprint density at radius 2 is 2.09 bits per heavy atom. The van der Waals surface area contributed by atoms with Gasteiger partial charge in [-0.2, -0.15) is 0 Å². The second-order valence-corrected chi connectivity index (χ2v) is 5.77. The molecule has 6 heteroatoms. The molecule has 0 aliphatic carbocycles. The van der Waals surface area contributed by atoms with Gasteiger partial charge in [-0.15, -0.1) is 10.2 Å². The molecule has 1 aromatic heterocycles. The third kappa shape index (κ3) is 4.16. The molecule has 1 atom stereocenters. The number of nitrogens with one attached hydrogen (secondary N) is 1. The van der Waals surface area contributed by atoms with E-state index in [4.69, 9.17) is 4.74 Å². The SMILES string of the molecule is O=C(NCCCC[C@H]1CCCO1)c1ccccc1-n1cnnc1. The maximum absolute atomic E-state index is 12.4. The number of benzene rings is 1. The fourth-order valence-corrected chi connectivity index (χ4v) is 2.88. The van der Waals surface area contributed by atoms with Gasteiger partial charge in [-0.25, -0.2) is 0 Å². The lowest BCUT2D eigenvalue weighted by molar-refractivity contribution is 0.0947. The largest absolute Gasteiger partial charge is 0.378 e. The van der Waals surface area contributed by atoms with Gasteiger partial charge in [0, 0.05) is 13.2 Å². The third-order valence-electron chi connectivity index (χ3n) is 4.11. The Morgan fingerprint density at radius 1 is 1.26 bits per heavy atom. The van der Waals surface area contributed by atoms with Gasteiger partial charge in [0.2, 0.25) is 0 Å². The summed E-state index contributed by atoms with van der Waals surface area (Å²) in [6, 6.07) is 7.46. The van der Waals surface area contributed by atoms with Crippen LogP contribution >= 0.6 is 0 Å². The van der Waals surface area contributed by atoms with Gasteiger partial charge in [0.15, 0.2) is 0 Å². The monoisotopic (exact) mass is 314 g/mol. The van der Waals surface area contributed by atoms with Crippen molar-refractivity contribution in [3.05, 3.63) is 42.5 Å². The number of hydrogen-bond donors (Lipinski definition) is 1. The summed E-state index contributed by atoms with van der Waals surface area (Å²) < 4.78 is 7.35. The van der Waals surface area contributed by atoms with E-state index in [1.165, 1.54) is 12.8 Å². The van der Waals surface area contributed by atoms with Crippen LogP contribution in [-0.2, 0) is 4.74 Å². The molecule has 2 aromatic rings. The predicted octanol–water partition coefficient (Wildman–Crippen LogP) is 2.35. The van der Waals surface area contributed by atoms with Gasteiger partial charge in [0.1, 0.15) is 12.7 Å². The highest BCUT2D eigenvalue weighted by molar-refractivity contribution is 5.97. The summed E-state index contributed by atoms with van der Waals surface area (Å²) in [5, 5.41) is 10.6. The number of hydrogen-bond acceptors (Lipinski definition) is 4. The van der Waals surface area contributed by atoms with E-state index >= 15 is 0 Å². The normalized spacial score (nSPS) is 17.3. The molecule has 6 nitrogen and oxygen atoms in total. The first-order valence-electron chi connectivity index (χ1n) is 8.18. The molecule has 0 spiro atoms. The lowest BCUT2D eigenvalue weighted by Gasteiger charge is -2.11. The van der Waals surface area contributed by atoms with Crippen LogP contribution in [0.4, 0.5) is 0 Å². The zero-order valence-corrected chi connectivity index (χ0v) is 13.1. The summed E-state index contributed by atoms with van der Waals surface area (Å²) in [5.41, 5.74) is 1.42. The number of carbonyl (C=O) groups excluding carboxylic acids is 1. The van der Waals surface area contributed by atoms with Crippen LogP contribution in [0.15, 0.2) is 36.9 Å². The van der Waals surface area contributed by atoms with Crippen molar-refractivity contribution in [1.29, 1.82) is 0 Å². The average molecular weight is 314 g/mol. The highest BCUT2D eigenvalue weighted by atomic mass is 16.5. The van der Waals surface area contributed by atoms with Crippen molar-refractivity contribution in [2.45, 2.75) is 38.2 Å². The molecule has 0 bridgehead atoms. The first-order valence-corrected chi connectivity index (χ1v) is 8.18. The van der Waals surface area contributed by atoms with E-state index in [1.807, 2.05) is 24.3 Å². The van der Waals surface area contributed by atoms with Crippen LogP contribution in [-0.4, -0.2) is 39.9 Å². The Bertz CT molecular complexity index is 621. The second-order valence-electron chi connectivity index (χ2n) is 5.77. The molecule has 1 amide bonds. The van der Waals surface area contributed by atoms with Crippen molar-refractivity contribution in [1.82, 2.24) is 20.1 Å². The molecule has 1 aromatic carbocycles. The van der Waals surface area contributed by atoms with Gasteiger partial charge < -0.3 is 10.1 Å². The van der Waals surface area contributed by atoms with Gasteiger partial charge in [-0.05, 0) is 44.2 Å². The molecule has 0 saturated carbocycles. The Kier molecular flexibility index (Phi) is 5.37. The Balaban J connectivity index is 1.48. The molecular formula is C17H22N4O2. The molecule has 0 unspecified atom stereocenters. The fraction of sp³-hybridized carbons (Fsp3) is 0.471. The number of ether oxygens (including phenoxy) is 1. The molecule has 0 radical (unpaired) electrons. The van der Waals surface area contributed by atoms with E-state index in [9.17, 15) is 4.79 Å². The Morgan fingerprint density at radius 3 is 2.87 bits per heavy atom. The molecule has 1 aliphatic rings. The number of carbonyl (C=O) groups is 1. The molecule has 23 heavy (non-hydrogen) atoms. The van der Waals surface area contributed by atoms with Crippen LogP contribution in [0, 0.1) is 0 Å². The predicted molar refractivity (Wildman–Crippen MR) is 86.5 cm³/mol. The van der Waals surface area contributed by atoms with Crippen molar-refractivity contribution in [2.24, 2.45) is 0 Å². The van der Waals surface area contributed by atoms with E-state index in [0.29, 0.717) is 18.2 Å². The lowest BCUT2D eigenvalue weighted by Crippen LogP contribution is -2.25. The van der Waals surface area contributed by atoms with E-state index in [-0.39, 0.29) is 5.91 Å². The zero-order chi connectivity index (χ0) is 15.9. The van der Waals surface area contributed by atoms with Crippen LogP contribution in [0.5, 0.6) is 0 Å². The van der Waals surface area contributed by atoms with Gasteiger partial charge >= 0.3 is 0 Å². The van der Waals surface area contributed by atoms with E-state index < -0.39 is 0 Å². The Labute approximate surface area is 135 Å². The van der Waals surface area contributed by atoms with Crippen molar-refractivity contribution >= 4 is 5.91 Å². The first-order chi connectivity index (χ1) is 11.3. The van der Waals surface area contributed by atoms with Crippen LogP contribution in [0.3, 0.4) is 0 Å². The standard InChI is InChI=1S/C17H22N4O2/c22-17(18-10-4-3-6-14-7-5-11-23-14)15-8-1-2-9-16(15)21-12-19-20-13-21/h1-2,8-9,12-14H,3-7,10-11H2,(H,18,22)/t14-/m0/s1. The van der Waals surface area contributed by atoms with E-state index in [2.05, 4.69) is 15.5 Å². The van der Waals surface area contributed by atoms with E-state index in [1.54, 1.807) is 17.2 Å². The van der Waals surface area contributed by atoms with Gasteiger partial charge in [-0.1, -0.05) is 12.1 Å². The number of amides is 1. The number of aromatic nitrogens is 3. The van der Waals surface area contributed by atoms with E-state index in [0.717, 1.165) is 31.6 Å². The maximum Gasteiger partial charge on any atom is 0.253 e. The molecule has 1 N–H and O–H groups in total. The van der Waals surface area contributed by atoms with Crippen LogP contribution in [0.2, 0.25) is 0 Å². The van der Waals surface area contributed by atoms with Crippen molar-refractivity contribution < 1.29 is 9.53 Å². The minimum atomic E-state index is -0.0635. The summed E-state index contributed by atoms with van der Waals surface area (Å²) in [6.07, 6.45) is 9.12. The molecule has 122 valence electrons. The Hall–Kier alpha value is -2.21. The molecule has 1 saturated heterocycles. The number of rotatable bonds is 7. The number of unbranched alkanes of at least 4 members (excludes halogenated alkanes) is 1. The molecule has 3 rings (SSSR count). The zero-order valence-electron chi connectivity index (χ0n) is 13.1. The van der Waals surface area contributed by atoms with Crippen LogP contribution in [0.1, 0.15) is 42.5 Å². The molecule has 1 aliphatic heterocycles. The smallest absolute Gasteiger partial charge is 0.253 e. The number of nitrogens with zero attached hydrogens (tertiary/aromatic N) is 3. The van der Waals surface area contributed by atoms with Gasteiger partial charge in [0.05, 0.1) is 17.4 Å². The second kappa shape index (κ2) is 7.87. The third-order valence-corrected chi connectivity index (χ3v) is 4.11. The summed E-state index contributed by atoms with van der Waals surface area (Å²) >= 11 is 0. The van der Waals surface area contributed by atoms with Crippen LogP contribution in [0.25, 0.3) is 5.69 Å². The summed E-state index contributed by atoms with van der Waals surface area (Å²) in [7, 11) is 0. The van der Waals surface area contributed by atoms with Crippen molar-refractivity contribution in [3.8, 4) is 5.69 Å².